The number of nitrogens with zero attached hydrogens (tertiary/aromatic N) is 5. The lowest BCUT2D eigenvalue weighted by Crippen LogP contribution is -2.33. The van der Waals surface area contributed by atoms with E-state index in [1.807, 2.05) is 45.9 Å². The van der Waals surface area contributed by atoms with Crippen molar-refractivity contribution in [1.29, 1.82) is 0 Å². The molecule has 0 unspecified atom stereocenters. The molecule has 4 aromatic heterocycles. The van der Waals surface area contributed by atoms with Crippen molar-refractivity contribution in [3.05, 3.63) is 65.9 Å². The molecule has 194 valence electrons. The third-order valence-corrected chi connectivity index (χ3v) is 5.40. The summed E-state index contributed by atoms with van der Waals surface area (Å²) in [5.74, 6) is 0.452. The first kappa shape index (κ1) is 25.8. The van der Waals surface area contributed by atoms with E-state index in [2.05, 4.69) is 30.7 Å². The zero-order valence-corrected chi connectivity index (χ0v) is 21.4. The number of methoxy groups -OCH3 is 1. The Labute approximate surface area is 214 Å². The van der Waals surface area contributed by atoms with Gasteiger partial charge in [-0.2, -0.15) is 0 Å². The van der Waals surface area contributed by atoms with E-state index < -0.39 is 17.5 Å². The van der Waals surface area contributed by atoms with E-state index in [1.165, 1.54) is 13.2 Å². The average Bonchev–Trinajstić information content (AvgIpc) is 3.26. The summed E-state index contributed by atoms with van der Waals surface area (Å²) in [7, 11) is 1.49. The summed E-state index contributed by atoms with van der Waals surface area (Å²) in [4.78, 5) is 24.8. The van der Waals surface area contributed by atoms with Gasteiger partial charge in [0.1, 0.15) is 22.9 Å². The molecule has 0 fully saturated rings. The van der Waals surface area contributed by atoms with Crippen molar-refractivity contribution in [2.24, 2.45) is 0 Å². The van der Waals surface area contributed by atoms with Crippen LogP contribution in [0.4, 0.5) is 15.0 Å². The van der Waals surface area contributed by atoms with Gasteiger partial charge in [0.25, 0.3) is 0 Å². The lowest BCUT2D eigenvalue weighted by Gasteiger charge is -2.19. The quantitative estimate of drug-likeness (QED) is 0.356. The summed E-state index contributed by atoms with van der Waals surface area (Å²) in [6, 6.07) is 8.53. The Hall–Kier alpha value is -4.28. The molecule has 1 atom stereocenters. The molecule has 10 nitrogen and oxygen atoms in total. The summed E-state index contributed by atoms with van der Waals surface area (Å²) >= 11 is 0. The number of nitrogens with one attached hydrogen (secondary N) is 2. The molecule has 4 rings (SSSR count). The standard InChI is InChI=1S/C26H30FN7O3/c1-16(19-13-18(27)14-31-24(19)36-5)32-22-6-7-23-30-15-21(34(23)33-22)20-12-17(8-10-28-20)9-11-29-25(35)37-26(2,3)4/h6-8,10,12-16H,9,11H2,1-5H3,(H,29,35)(H,32,33)/t16-/m1/s1. The van der Waals surface area contributed by atoms with Gasteiger partial charge in [-0.25, -0.2) is 23.7 Å². The van der Waals surface area contributed by atoms with Gasteiger partial charge in [0, 0.05) is 18.3 Å². The van der Waals surface area contributed by atoms with Gasteiger partial charge in [0.15, 0.2) is 5.65 Å². The number of halogens is 1. The van der Waals surface area contributed by atoms with Gasteiger partial charge in [0.2, 0.25) is 5.88 Å². The summed E-state index contributed by atoms with van der Waals surface area (Å²) < 4.78 is 26.0. The molecule has 11 heteroatoms. The molecule has 0 bridgehead atoms. The fraction of sp³-hybridized carbons (Fsp3) is 0.346. The molecular formula is C26H30FN7O3. The molecule has 0 saturated carbocycles. The van der Waals surface area contributed by atoms with Gasteiger partial charge in [-0.05, 0) is 70.0 Å². The van der Waals surface area contributed by atoms with Crippen LogP contribution < -0.4 is 15.4 Å². The maximum atomic E-state index is 13.8. The predicted molar refractivity (Wildman–Crippen MR) is 137 cm³/mol. The van der Waals surface area contributed by atoms with Crippen LogP contribution in [0.1, 0.15) is 44.9 Å². The number of imidazole rings is 1. The highest BCUT2D eigenvalue weighted by Gasteiger charge is 2.17. The number of anilines is 1. The number of ether oxygens (including phenoxy) is 2. The molecule has 0 aliphatic rings. The molecule has 0 aliphatic heterocycles. The van der Waals surface area contributed by atoms with E-state index in [4.69, 9.17) is 9.47 Å². The minimum Gasteiger partial charge on any atom is -0.481 e. The smallest absolute Gasteiger partial charge is 0.407 e. The molecular weight excluding hydrogens is 477 g/mol. The van der Waals surface area contributed by atoms with E-state index in [-0.39, 0.29) is 6.04 Å². The van der Waals surface area contributed by atoms with Crippen LogP contribution in [0.5, 0.6) is 5.88 Å². The number of pyridine rings is 2. The number of amides is 1. The van der Waals surface area contributed by atoms with Gasteiger partial charge in [-0.15, -0.1) is 5.10 Å². The van der Waals surface area contributed by atoms with Crippen molar-refractivity contribution < 1.29 is 18.7 Å². The highest BCUT2D eigenvalue weighted by molar-refractivity contribution is 5.67. The van der Waals surface area contributed by atoms with E-state index in [0.29, 0.717) is 47.3 Å². The van der Waals surface area contributed by atoms with Crippen LogP contribution in [-0.4, -0.2) is 49.9 Å². The minimum absolute atomic E-state index is 0.325. The van der Waals surface area contributed by atoms with Crippen molar-refractivity contribution in [2.45, 2.75) is 45.8 Å². The van der Waals surface area contributed by atoms with Crippen LogP contribution in [0.15, 0.2) is 48.9 Å². The van der Waals surface area contributed by atoms with Crippen LogP contribution >= 0.6 is 0 Å². The Morgan fingerprint density at radius 1 is 1.14 bits per heavy atom. The van der Waals surface area contributed by atoms with Crippen LogP contribution in [-0.2, 0) is 11.2 Å². The SMILES string of the molecule is COc1ncc(F)cc1[C@@H](C)Nc1ccc2ncc(-c3cc(CCNC(=O)OC(C)(C)C)ccn3)n2n1. The maximum absolute atomic E-state index is 13.8. The fourth-order valence-electron chi connectivity index (χ4n) is 3.74. The van der Waals surface area contributed by atoms with E-state index >= 15 is 0 Å². The van der Waals surface area contributed by atoms with E-state index in [1.54, 1.807) is 23.0 Å². The second-order valence-electron chi connectivity index (χ2n) is 9.48. The molecule has 1 amide bonds. The van der Waals surface area contributed by atoms with Gasteiger partial charge < -0.3 is 20.1 Å². The number of carbonyl (C=O) groups excluding carboxylic acids is 1. The van der Waals surface area contributed by atoms with Crippen LogP contribution in [0.25, 0.3) is 17.0 Å². The zero-order valence-electron chi connectivity index (χ0n) is 21.4. The number of aromatic nitrogens is 5. The zero-order chi connectivity index (χ0) is 26.6. The number of carbonyl (C=O) groups is 1. The average molecular weight is 508 g/mol. The molecule has 0 aromatic carbocycles. The van der Waals surface area contributed by atoms with Crippen molar-refractivity contribution >= 4 is 17.6 Å². The van der Waals surface area contributed by atoms with Crippen LogP contribution in [0.2, 0.25) is 0 Å². The van der Waals surface area contributed by atoms with Crippen LogP contribution in [0.3, 0.4) is 0 Å². The molecule has 0 aliphatic carbocycles. The van der Waals surface area contributed by atoms with Gasteiger partial charge in [-0.3, -0.25) is 4.98 Å². The largest absolute Gasteiger partial charge is 0.481 e. The Morgan fingerprint density at radius 2 is 1.95 bits per heavy atom. The van der Waals surface area contributed by atoms with Gasteiger partial charge in [0.05, 0.1) is 31.2 Å². The molecule has 2 N–H and O–H groups in total. The summed E-state index contributed by atoms with van der Waals surface area (Å²) in [6.45, 7) is 7.76. The second kappa shape index (κ2) is 10.8. The Kier molecular flexibility index (Phi) is 7.51. The Bertz CT molecular complexity index is 1400. The molecule has 4 aromatic rings. The maximum Gasteiger partial charge on any atom is 0.407 e. The number of hydrogen-bond donors (Lipinski definition) is 2. The summed E-state index contributed by atoms with van der Waals surface area (Å²) in [6.07, 6.45) is 4.69. The number of hydrogen-bond acceptors (Lipinski definition) is 8. The highest BCUT2D eigenvalue weighted by atomic mass is 19.1. The van der Waals surface area contributed by atoms with Crippen molar-refractivity contribution in [2.75, 3.05) is 19.0 Å². The van der Waals surface area contributed by atoms with Crippen molar-refractivity contribution in [1.82, 2.24) is 29.9 Å². The van der Waals surface area contributed by atoms with Crippen LogP contribution in [0, 0.1) is 5.82 Å². The first-order valence-corrected chi connectivity index (χ1v) is 11.9. The first-order valence-electron chi connectivity index (χ1n) is 11.9. The topological polar surface area (TPSA) is 116 Å². The Balaban J connectivity index is 1.50. The molecule has 0 radical (unpaired) electrons. The van der Waals surface area contributed by atoms with Crippen molar-refractivity contribution in [3.8, 4) is 17.3 Å². The lowest BCUT2D eigenvalue weighted by atomic mass is 10.1. The molecule has 37 heavy (non-hydrogen) atoms. The fourth-order valence-corrected chi connectivity index (χ4v) is 3.74. The minimum atomic E-state index is -0.546. The molecule has 4 heterocycles. The first-order chi connectivity index (χ1) is 17.6. The van der Waals surface area contributed by atoms with E-state index in [0.717, 1.165) is 11.8 Å². The normalized spacial score (nSPS) is 12.3. The second-order valence-corrected chi connectivity index (χ2v) is 9.48. The molecule has 0 saturated heterocycles. The third kappa shape index (κ3) is 6.49. The number of rotatable bonds is 8. The lowest BCUT2D eigenvalue weighted by molar-refractivity contribution is 0.0528. The van der Waals surface area contributed by atoms with Crippen molar-refractivity contribution in [3.63, 3.8) is 0 Å². The van der Waals surface area contributed by atoms with Gasteiger partial charge >= 0.3 is 6.09 Å². The summed E-state index contributed by atoms with van der Waals surface area (Å²) in [5, 5.41) is 10.7. The number of fused-ring (bicyclic) bond motifs is 1. The third-order valence-electron chi connectivity index (χ3n) is 5.40. The monoisotopic (exact) mass is 507 g/mol. The van der Waals surface area contributed by atoms with Gasteiger partial charge in [-0.1, -0.05) is 0 Å². The number of alkyl carbamates (subject to hydrolysis) is 1. The Morgan fingerprint density at radius 3 is 2.70 bits per heavy atom. The highest BCUT2D eigenvalue weighted by Crippen LogP contribution is 2.27. The molecule has 0 spiro atoms. The van der Waals surface area contributed by atoms with E-state index in [9.17, 15) is 9.18 Å². The summed E-state index contributed by atoms with van der Waals surface area (Å²) in [5.41, 5.74) is 3.07. The predicted octanol–water partition coefficient (Wildman–Crippen LogP) is 4.57.